The molecule has 2 aromatic carbocycles. The van der Waals surface area contributed by atoms with Gasteiger partial charge in [-0.3, -0.25) is 19.2 Å². The van der Waals surface area contributed by atoms with Gasteiger partial charge in [0.2, 0.25) is 17.7 Å². The number of hydrogen-bond acceptors (Lipinski definition) is 5. The molecular formula is C30H27ClN2O5. The number of halogens is 1. The molecule has 0 radical (unpaired) electrons. The Morgan fingerprint density at radius 2 is 1.61 bits per heavy atom. The number of imide groups is 1. The van der Waals surface area contributed by atoms with Gasteiger partial charge < -0.3 is 9.64 Å². The van der Waals surface area contributed by atoms with Crippen LogP contribution in [0, 0.1) is 55.3 Å². The van der Waals surface area contributed by atoms with E-state index in [1.54, 1.807) is 29.2 Å². The van der Waals surface area contributed by atoms with Crippen molar-refractivity contribution in [2.24, 2.45) is 41.4 Å². The highest BCUT2D eigenvalue weighted by Crippen LogP contribution is 2.65. The minimum absolute atomic E-state index is 0.0549. The summed E-state index contributed by atoms with van der Waals surface area (Å²) in [5, 5.41) is 0.562. The number of rotatable bonds is 4. The van der Waals surface area contributed by atoms with Crippen molar-refractivity contribution < 1.29 is 23.9 Å². The molecule has 2 heterocycles. The van der Waals surface area contributed by atoms with Gasteiger partial charge in [-0.1, -0.05) is 29.8 Å². The fraction of sp³-hybridized carbons (Fsp3) is 0.400. The van der Waals surface area contributed by atoms with Crippen LogP contribution in [0.15, 0.2) is 48.6 Å². The molecule has 3 amide bonds. The molecule has 0 N–H and O–H groups in total. The van der Waals surface area contributed by atoms with E-state index in [1.807, 2.05) is 26.0 Å². The molecule has 2 aromatic rings. The first-order chi connectivity index (χ1) is 18.2. The van der Waals surface area contributed by atoms with Crippen LogP contribution in [-0.2, 0) is 19.2 Å². The Kier molecular flexibility index (Phi) is 5.15. The van der Waals surface area contributed by atoms with Crippen molar-refractivity contribution in [1.82, 2.24) is 0 Å². The zero-order chi connectivity index (χ0) is 26.5. The van der Waals surface area contributed by atoms with Crippen LogP contribution < -0.4 is 14.5 Å². The zero-order valence-corrected chi connectivity index (χ0v) is 21.9. The SMILES string of the molecule is Cc1ccc(N2C[C@H](C(=O)Oc3ccc(N4C(=O)[C@@H]5[C@H]6C=C[C@@H]([C@@H]7C[C@@H]67)[C@@H]5C4=O)c(C)c3)CC2=O)cc1Cl. The first-order valence-corrected chi connectivity index (χ1v) is 13.6. The molecule has 194 valence electrons. The van der Waals surface area contributed by atoms with Crippen LogP contribution in [0.2, 0.25) is 5.02 Å². The van der Waals surface area contributed by atoms with Crippen molar-refractivity contribution in [3.05, 3.63) is 64.7 Å². The summed E-state index contributed by atoms with van der Waals surface area (Å²) in [4.78, 5) is 55.4. The Bertz CT molecular complexity index is 1430. The molecule has 4 aliphatic carbocycles. The first kappa shape index (κ1) is 23.7. The molecule has 8 heteroatoms. The molecular weight excluding hydrogens is 504 g/mol. The molecule has 7 nitrogen and oxygen atoms in total. The van der Waals surface area contributed by atoms with Gasteiger partial charge in [-0.2, -0.15) is 0 Å². The van der Waals surface area contributed by atoms with E-state index in [2.05, 4.69) is 12.2 Å². The summed E-state index contributed by atoms with van der Waals surface area (Å²) < 4.78 is 5.64. The monoisotopic (exact) mass is 530 g/mol. The molecule has 0 spiro atoms. The third-order valence-electron chi connectivity index (χ3n) is 9.22. The molecule has 6 aliphatic rings. The largest absolute Gasteiger partial charge is 0.426 e. The number of benzene rings is 2. The number of carbonyl (C=O) groups is 4. The molecule has 8 rings (SSSR count). The van der Waals surface area contributed by atoms with Gasteiger partial charge in [-0.15, -0.1) is 0 Å². The fourth-order valence-corrected chi connectivity index (χ4v) is 7.38. The second kappa shape index (κ2) is 8.27. The van der Waals surface area contributed by atoms with Crippen LogP contribution in [0.1, 0.15) is 24.0 Å². The summed E-state index contributed by atoms with van der Waals surface area (Å²) in [7, 11) is 0. The first-order valence-electron chi connectivity index (χ1n) is 13.2. The number of ether oxygens (including phenoxy) is 1. The van der Waals surface area contributed by atoms with Crippen LogP contribution >= 0.6 is 11.6 Å². The summed E-state index contributed by atoms with van der Waals surface area (Å²) in [6, 6.07) is 10.4. The number of hydrogen-bond donors (Lipinski definition) is 0. The minimum Gasteiger partial charge on any atom is -0.426 e. The molecule has 2 saturated heterocycles. The fourth-order valence-electron chi connectivity index (χ4n) is 7.20. The lowest BCUT2D eigenvalue weighted by Gasteiger charge is -2.37. The van der Waals surface area contributed by atoms with E-state index in [9.17, 15) is 19.2 Å². The van der Waals surface area contributed by atoms with Gasteiger partial charge in [0.1, 0.15) is 5.75 Å². The number of nitrogens with zero attached hydrogens (tertiary/aromatic N) is 2. The molecule has 2 bridgehead atoms. The zero-order valence-electron chi connectivity index (χ0n) is 21.1. The van der Waals surface area contributed by atoms with Crippen molar-refractivity contribution in [1.29, 1.82) is 0 Å². The van der Waals surface area contributed by atoms with Gasteiger partial charge in [-0.05, 0) is 85.4 Å². The lowest BCUT2D eigenvalue weighted by molar-refractivity contribution is -0.139. The predicted octanol–water partition coefficient (Wildman–Crippen LogP) is 4.47. The summed E-state index contributed by atoms with van der Waals surface area (Å²) in [5.41, 5.74) is 2.79. The third-order valence-corrected chi connectivity index (χ3v) is 9.62. The van der Waals surface area contributed by atoms with E-state index >= 15 is 0 Å². The number of esters is 1. The van der Waals surface area contributed by atoms with Crippen molar-refractivity contribution in [3.63, 3.8) is 0 Å². The molecule has 4 fully saturated rings. The van der Waals surface area contributed by atoms with E-state index in [1.165, 1.54) is 4.90 Å². The van der Waals surface area contributed by atoms with Crippen molar-refractivity contribution in [2.75, 3.05) is 16.3 Å². The molecule has 2 aliphatic heterocycles. The predicted molar refractivity (Wildman–Crippen MR) is 141 cm³/mol. The minimum atomic E-state index is -0.609. The Morgan fingerprint density at radius 3 is 2.24 bits per heavy atom. The van der Waals surface area contributed by atoms with Gasteiger partial charge in [-0.25, -0.2) is 4.90 Å². The number of aryl methyl sites for hydroxylation is 2. The van der Waals surface area contributed by atoms with Crippen molar-refractivity contribution in [3.8, 4) is 5.75 Å². The second-order valence-electron chi connectivity index (χ2n) is 11.4. The lowest BCUT2D eigenvalue weighted by atomic mass is 9.63. The Labute approximate surface area is 225 Å². The topological polar surface area (TPSA) is 84.0 Å². The van der Waals surface area contributed by atoms with E-state index in [-0.39, 0.29) is 54.4 Å². The molecule has 2 saturated carbocycles. The maximum absolute atomic E-state index is 13.5. The van der Waals surface area contributed by atoms with Crippen LogP contribution in [0.5, 0.6) is 5.75 Å². The molecule has 7 atom stereocenters. The molecule has 0 unspecified atom stereocenters. The highest BCUT2D eigenvalue weighted by molar-refractivity contribution is 6.31. The van der Waals surface area contributed by atoms with Gasteiger partial charge in [0.15, 0.2) is 0 Å². The van der Waals surface area contributed by atoms with Crippen molar-refractivity contribution in [2.45, 2.75) is 26.7 Å². The lowest BCUT2D eigenvalue weighted by Crippen LogP contribution is -2.40. The Morgan fingerprint density at radius 1 is 0.921 bits per heavy atom. The maximum atomic E-state index is 13.5. The van der Waals surface area contributed by atoms with Crippen LogP contribution in [0.3, 0.4) is 0 Å². The highest BCUT2D eigenvalue weighted by Gasteiger charge is 2.67. The number of anilines is 2. The summed E-state index contributed by atoms with van der Waals surface area (Å²) in [5.74, 6) is -0.255. The number of allylic oxidation sites excluding steroid dienone is 2. The summed E-state index contributed by atoms with van der Waals surface area (Å²) in [6.07, 6.45) is 5.50. The summed E-state index contributed by atoms with van der Waals surface area (Å²) >= 11 is 6.22. The van der Waals surface area contributed by atoms with Crippen molar-refractivity contribution >= 4 is 46.7 Å². The van der Waals surface area contributed by atoms with Gasteiger partial charge >= 0.3 is 5.97 Å². The van der Waals surface area contributed by atoms with Gasteiger partial charge in [0.05, 0.1) is 23.4 Å². The Hall–Kier alpha value is -3.45. The maximum Gasteiger partial charge on any atom is 0.316 e. The van der Waals surface area contributed by atoms with E-state index in [4.69, 9.17) is 16.3 Å². The van der Waals surface area contributed by atoms with E-state index < -0.39 is 11.9 Å². The normalized spacial score (nSPS) is 32.6. The quantitative estimate of drug-likeness (QED) is 0.252. The van der Waals surface area contributed by atoms with Gasteiger partial charge in [0.25, 0.3) is 0 Å². The highest BCUT2D eigenvalue weighted by atomic mass is 35.5. The summed E-state index contributed by atoms with van der Waals surface area (Å²) in [6.45, 7) is 3.91. The van der Waals surface area contributed by atoms with E-state index in [0.29, 0.717) is 39.5 Å². The molecule has 0 aromatic heterocycles. The average molecular weight is 531 g/mol. The van der Waals surface area contributed by atoms with Crippen LogP contribution in [-0.4, -0.2) is 30.2 Å². The molecule has 38 heavy (non-hydrogen) atoms. The smallest absolute Gasteiger partial charge is 0.316 e. The van der Waals surface area contributed by atoms with E-state index in [0.717, 1.165) is 12.0 Å². The Balaban J connectivity index is 1.06. The number of carbonyl (C=O) groups excluding carboxylic acids is 4. The van der Waals surface area contributed by atoms with Gasteiger partial charge in [0, 0.05) is 23.7 Å². The van der Waals surface area contributed by atoms with Crippen LogP contribution in [0.25, 0.3) is 0 Å². The average Bonchev–Trinajstić information content (AvgIpc) is 3.57. The third kappa shape index (κ3) is 3.40. The number of amides is 3. The van der Waals surface area contributed by atoms with Crippen LogP contribution in [0.4, 0.5) is 11.4 Å². The standard InChI is InChI=1S/C30H27ClN2O5/c1-14-3-4-17(11-23(14)31)32-13-16(10-25(32)34)30(37)38-18-5-8-24(15(2)9-18)33-28(35)26-19-6-7-20(22-12-21(19)22)27(26)29(33)36/h3-9,11,16,19-22,26-27H,10,12-13H2,1-2H3/t16-,19+,20+,21+,22+,26-,27+/m1/s1. The second-order valence-corrected chi connectivity index (χ2v) is 11.8.